The summed E-state index contributed by atoms with van der Waals surface area (Å²) in [5.74, 6) is 0.287. The number of halogens is 1. The van der Waals surface area contributed by atoms with Crippen LogP contribution in [0.5, 0.6) is 0 Å². The van der Waals surface area contributed by atoms with Gasteiger partial charge in [-0.1, -0.05) is 23.7 Å². The van der Waals surface area contributed by atoms with Crippen LogP contribution in [0.2, 0.25) is 5.02 Å². The Bertz CT molecular complexity index is 805. The molecule has 2 N–H and O–H groups in total. The Morgan fingerprint density at radius 1 is 1.29 bits per heavy atom. The van der Waals surface area contributed by atoms with E-state index in [1.54, 1.807) is 30.2 Å². The van der Waals surface area contributed by atoms with Crippen molar-refractivity contribution in [3.8, 4) is 0 Å². The number of pyridine rings is 1. The van der Waals surface area contributed by atoms with E-state index in [1.165, 1.54) is 0 Å². The summed E-state index contributed by atoms with van der Waals surface area (Å²) in [6, 6.07) is 11.5. The van der Waals surface area contributed by atoms with Gasteiger partial charge in [-0.25, -0.2) is 0 Å². The lowest BCUT2D eigenvalue weighted by atomic mass is 10.1. The molecule has 0 aliphatic carbocycles. The second kappa shape index (κ2) is 7.55. The van der Waals surface area contributed by atoms with Crippen LogP contribution >= 0.6 is 23.4 Å². The van der Waals surface area contributed by atoms with Crippen LogP contribution < -0.4 is 10.6 Å². The summed E-state index contributed by atoms with van der Waals surface area (Å²) in [4.78, 5) is 17.9. The van der Waals surface area contributed by atoms with Crippen LogP contribution in [0.1, 0.15) is 5.56 Å². The molecule has 3 rings (SSSR count). The van der Waals surface area contributed by atoms with Crippen molar-refractivity contribution in [2.24, 2.45) is 5.73 Å². The number of nitrogens with two attached hydrogens (primary N) is 1. The number of amides is 1. The van der Waals surface area contributed by atoms with Crippen LogP contribution in [0.25, 0.3) is 0 Å². The molecule has 2 aromatic rings. The molecule has 1 aliphatic heterocycles. The number of carbonyl (C=O) groups excluding carboxylic acids is 1. The first kappa shape index (κ1) is 16.6. The highest BCUT2D eigenvalue weighted by atomic mass is 35.5. The van der Waals surface area contributed by atoms with Crippen molar-refractivity contribution in [2.45, 2.75) is 5.75 Å². The summed E-state index contributed by atoms with van der Waals surface area (Å²) in [6.07, 6.45) is 7.24. The number of rotatable bonds is 5. The van der Waals surface area contributed by atoms with Gasteiger partial charge in [0.1, 0.15) is 0 Å². The molecule has 122 valence electrons. The molecular weight excluding hydrogens is 342 g/mol. The summed E-state index contributed by atoms with van der Waals surface area (Å²) in [5.41, 5.74) is 8.15. The van der Waals surface area contributed by atoms with Gasteiger partial charge in [0.05, 0.1) is 10.6 Å². The molecule has 0 atom stereocenters. The fraction of sp³-hybridized carbons (Fsp3) is 0.111. The van der Waals surface area contributed by atoms with Crippen LogP contribution in [0.3, 0.4) is 0 Å². The van der Waals surface area contributed by atoms with E-state index in [2.05, 4.69) is 9.88 Å². The van der Waals surface area contributed by atoms with E-state index in [0.717, 1.165) is 22.0 Å². The topological polar surface area (TPSA) is 59.2 Å². The monoisotopic (exact) mass is 357 g/mol. The molecule has 0 fully saturated rings. The molecule has 24 heavy (non-hydrogen) atoms. The summed E-state index contributed by atoms with van der Waals surface area (Å²) in [6.45, 7) is 0.663. The number of nitrogens with zero attached hydrogens (tertiary/aromatic N) is 2. The smallest absolute Gasteiger partial charge is 0.251 e. The summed E-state index contributed by atoms with van der Waals surface area (Å²) in [7, 11) is 0. The van der Waals surface area contributed by atoms with Crippen LogP contribution in [0.4, 0.5) is 5.69 Å². The molecule has 1 aromatic heterocycles. The molecule has 1 amide bonds. The molecule has 0 spiro atoms. The van der Waals surface area contributed by atoms with Gasteiger partial charge in [0.15, 0.2) is 0 Å². The maximum atomic E-state index is 11.9. The van der Waals surface area contributed by atoms with Gasteiger partial charge < -0.3 is 10.6 Å². The van der Waals surface area contributed by atoms with Gasteiger partial charge >= 0.3 is 0 Å². The van der Waals surface area contributed by atoms with Crippen LogP contribution in [-0.2, 0) is 10.5 Å². The van der Waals surface area contributed by atoms with Gasteiger partial charge in [-0.3, -0.25) is 9.78 Å². The Morgan fingerprint density at radius 2 is 2.08 bits per heavy atom. The van der Waals surface area contributed by atoms with Crippen molar-refractivity contribution < 1.29 is 4.79 Å². The van der Waals surface area contributed by atoms with Crippen LogP contribution in [-0.4, -0.2) is 17.4 Å². The molecule has 4 nitrogen and oxygen atoms in total. The van der Waals surface area contributed by atoms with Crippen LogP contribution in [0.15, 0.2) is 71.5 Å². The fourth-order valence-electron chi connectivity index (χ4n) is 2.42. The third-order valence-corrected chi connectivity index (χ3v) is 4.98. The van der Waals surface area contributed by atoms with E-state index >= 15 is 0 Å². The molecule has 0 saturated heterocycles. The van der Waals surface area contributed by atoms with Crippen molar-refractivity contribution in [1.29, 1.82) is 0 Å². The fourth-order valence-corrected chi connectivity index (χ4v) is 3.76. The van der Waals surface area contributed by atoms with E-state index in [1.807, 2.05) is 42.5 Å². The quantitative estimate of drug-likeness (QED) is 0.885. The highest BCUT2D eigenvalue weighted by Crippen LogP contribution is 2.35. The number of hydrogen-bond acceptors (Lipinski definition) is 4. The minimum absolute atomic E-state index is 0.435. The van der Waals surface area contributed by atoms with Gasteiger partial charge in [0.25, 0.3) is 5.91 Å². The zero-order valence-electron chi connectivity index (χ0n) is 12.9. The SMILES string of the molecule is NC(=O)C1=C(SCc2ccncc2)N(c2cccc(Cl)c2)CC=C1. The summed E-state index contributed by atoms with van der Waals surface area (Å²) < 4.78 is 0. The standard InChI is InChI=1S/C18H16ClN3OS/c19-14-3-1-4-15(11-14)22-10-2-5-16(17(20)23)18(22)24-12-13-6-8-21-9-7-13/h1-9,11H,10,12H2,(H2,20,23). The van der Waals surface area contributed by atoms with Gasteiger partial charge in [-0.15, -0.1) is 11.8 Å². The maximum absolute atomic E-state index is 11.9. The summed E-state index contributed by atoms with van der Waals surface area (Å²) >= 11 is 7.70. The van der Waals surface area contributed by atoms with Crippen molar-refractivity contribution in [3.63, 3.8) is 0 Å². The van der Waals surface area contributed by atoms with Crippen molar-refractivity contribution in [1.82, 2.24) is 4.98 Å². The average Bonchev–Trinajstić information content (AvgIpc) is 2.60. The number of hydrogen-bond donors (Lipinski definition) is 1. The van der Waals surface area contributed by atoms with Gasteiger partial charge in [-0.2, -0.15) is 0 Å². The molecule has 0 radical (unpaired) electrons. The predicted molar refractivity (Wildman–Crippen MR) is 99.7 cm³/mol. The molecular formula is C18H16ClN3OS. The molecule has 1 aliphatic rings. The van der Waals surface area contributed by atoms with Gasteiger partial charge in [0, 0.05) is 35.4 Å². The third kappa shape index (κ3) is 3.80. The Morgan fingerprint density at radius 3 is 2.79 bits per heavy atom. The Labute approximate surface area is 150 Å². The first-order valence-corrected chi connectivity index (χ1v) is 8.77. The molecule has 0 bridgehead atoms. The lowest BCUT2D eigenvalue weighted by Gasteiger charge is -2.30. The molecule has 0 unspecified atom stereocenters. The second-order valence-electron chi connectivity index (χ2n) is 5.22. The van der Waals surface area contributed by atoms with E-state index < -0.39 is 5.91 Å². The van der Waals surface area contributed by atoms with Crippen LogP contribution in [0, 0.1) is 0 Å². The third-order valence-electron chi connectivity index (χ3n) is 3.56. The molecule has 6 heteroatoms. The van der Waals surface area contributed by atoms with Crippen molar-refractivity contribution in [3.05, 3.63) is 82.1 Å². The zero-order chi connectivity index (χ0) is 16.9. The first-order valence-electron chi connectivity index (χ1n) is 7.40. The number of benzene rings is 1. The van der Waals surface area contributed by atoms with E-state index in [9.17, 15) is 4.79 Å². The Hall–Kier alpha value is -2.24. The van der Waals surface area contributed by atoms with Gasteiger partial charge in [0.2, 0.25) is 0 Å². The predicted octanol–water partition coefficient (Wildman–Crippen LogP) is 3.74. The van der Waals surface area contributed by atoms with Crippen molar-refractivity contribution in [2.75, 3.05) is 11.4 Å². The minimum Gasteiger partial charge on any atom is -0.366 e. The minimum atomic E-state index is -0.435. The highest BCUT2D eigenvalue weighted by molar-refractivity contribution is 8.02. The number of aromatic nitrogens is 1. The van der Waals surface area contributed by atoms with E-state index in [0.29, 0.717) is 17.1 Å². The van der Waals surface area contributed by atoms with Gasteiger partial charge in [-0.05, 0) is 42.0 Å². The largest absolute Gasteiger partial charge is 0.366 e. The Balaban J connectivity index is 1.93. The van der Waals surface area contributed by atoms with E-state index in [4.69, 9.17) is 17.3 Å². The second-order valence-corrected chi connectivity index (χ2v) is 6.62. The summed E-state index contributed by atoms with van der Waals surface area (Å²) in [5, 5.41) is 1.49. The van der Waals surface area contributed by atoms with E-state index in [-0.39, 0.29) is 0 Å². The lowest BCUT2D eigenvalue weighted by molar-refractivity contribution is -0.114. The maximum Gasteiger partial charge on any atom is 0.251 e. The molecule has 2 heterocycles. The molecule has 1 aromatic carbocycles. The van der Waals surface area contributed by atoms with Crippen molar-refractivity contribution >= 4 is 35.0 Å². The number of thioether (sulfide) groups is 1. The first-order chi connectivity index (χ1) is 11.6. The lowest BCUT2D eigenvalue weighted by Crippen LogP contribution is -2.29. The average molecular weight is 358 g/mol. The number of carbonyl (C=O) groups is 1. The number of primary amides is 1. The molecule has 0 saturated carbocycles. The zero-order valence-corrected chi connectivity index (χ0v) is 14.4. The Kier molecular flexibility index (Phi) is 5.23. The highest BCUT2D eigenvalue weighted by Gasteiger charge is 2.22. The number of anilines is 1. The normalized spacial score (nSPS) is 14.1.